The summed E-state index contributed by atoms with van der Waals surface area (Å²) >= 11 is 13.2. The minimum Gasteiger partial charge on any atom is -0.462 e. The zero-order valence-corrected chi connectivity index (χ0v) is 52.5. The maximum atomic E-state index is 13.1. The first-order valence-electron chi connectivity index (χ1n) is 23.9. The number of rotatable bonds is 17. The summed E-state index contributed by atoms with van der Waals surface area (Å²) in [6, 6.07) is 3.93. The van der Waals surface area contributed by atoms with Gasteiger partial charge in [-0.25, -0.2) is 9.59 Å². The molecule has 372 valence electrons. The Hall–Kier alpha value is -0.400. The molecule has 68 heavy (non-hydrogen) atoms. The van der Waals surface area contributed by atoms with Gasteiger partial charge in [-0.3, -0.25) is 9.59 Å². The lowest BCUT2D eigenvalue weighted by atomic mass is 9.47. The summed E-state index contributed by atoms with van der Waals surface area (Å²) in [4.78, 5) is 52.2. The predicted octanol–water partition coefficient (Wildman–Crippen LogP) is 13.0. The lowest BCUT2D eigenvalue weighted by molar-refractivity contribution is -0.163. The van der Waals surface area contributed by atoms with Crippen LogP contribution >= 0.6 is 136 Å². The van der Waals surface area contributed by atoms with Crippen LogP contribution in [0.2, 0.25) is 0 Å². The Kier molecular flexibility index (Phi) is 21.1. The molecule has 0 spiro atoms. The first-order chi connectivity index (χ1) is 32.1. The Morgan fingerprint density at radius 1 is 0.735 bits per heavy atom. The second kappa shape index (κ2) is 25.2. The number of carbonyl (C=O) groups is 4. The largest absolute Gasteiger partial charge is 0.462 e. The number of nitrogens with two attached hydrogens (primary N) is 2. The van der Waals surface area contributed by atoms with Crippen LogP contribution in [0.15, 0.2) is 23.8 Å². The van der Waals surface area contributed by atoms with Gasteiger partial charge in [-0.2, -0.15) is 0 Å². The molecule has 4 aliphatic carbocycles. The van der Waals surface area contributed by atoms with Crippen LogP contribution in [0.1, 0.15) is 129 Å². The second-order valence-electron chi connectivity index (χ2n) is 20.3. The number of hydrogen-bond acceptors (Lipinski definition) is 10. The Labute approximate surface area is 485 Å². The zero-order chi connectivity index (χ0) is 49.7. The second-order valence-corrected chi connectivity index (χ2v) is 27.1. The average molecular weight is 1610 g/mol. The Morgan fingerprint density at radius 2 is 1.31 bits per heavy atom. The van der Waals surface area contributed by atoms with Crippen molar-refractivity contribution in [2.75, 3.05) is 24.7 Å². The van der Waals surface area contributed by atoms with Gasteiger partial charge in [0.2, 0.25) is 0 Å². The van der Waals surface area contributed by atoms with E-state index in [1.54, 1.807) is 0 Å². The van der Waals surface area contributed by atoms with E-state index in [0.717, 1.165) is 75.5 Å². The van der Waals surface area contributed by atoms with Crippen molar-refractivity contribution in [3.05, 3.63) is 56.3 Å². The molecule has 6 rings (SSSR count). The smallest absolute Gasteiger partial charge is 0.385 e. The van der Waals surface area contributed by atoms with Crippen LogP contribution in [0.25, 0.3) is 0 Å². The van der Waals surface area contributed by atoms with Crippen LogP contribution in [0.3, 0.4) is 0 Å². The molecule has 8 atom stereocenters. The molecule has 3 saturated carbocycles. The number of ether oxygens (including phenoxy) is 4. The molecule has 0 saturated heterocycles. The number of carbonyl (C=O) groups excluding carboxylic acids is 4. The molecule has 0 aromatic heterocycles. The molecule has 3 fully saturated rings. The van der Waals surface area contributed by atoms with E-state index in [9.17, 15) is 19.2 Å². The van der Waals surface area contributed by atoms with Crippen molar-refractivity contribution in [2.24, 2.45) is 46.3 Å². The first kappa shape index (κ1) is 56.9. The molecule has 4 aliphatic rings. The van der Waals surface area contributed by atoms with Crippen molar-refractivity contribution in [3.8, 4) is 11.8 Å². The lowest BCUT2D eigenvalue weighted by Crippen LogP contribution is -2.51. The van der Waals surface area contributed by atoms with Crippen LogP contribution in [0.5, 0.6) is 0 Å². The molecule has 2 aromatic rings. The van der Waals surface area contributed by atoms with E-state index in [2.05, 4.69) is 188 Å². The molecule has 0 bridgehead atoms. The van der Waals surface area contributed by atoms with Gasteiger partial charge in [0.15, 0.2) is 6.10 Å². The molecule has 2 aromatic carbocycles. The van der Waals surface area contributed by atoms with Crippen molar-refractivity contribution in [3.63, 3.8) is 0 Å². The molecule has 10 nitrogen and oxygen atoms in total. The highest BCUT2D eigenvalue weighted by Crippen LogP contribution is 2.67. The summed E-state index contributed by atoms with van der Waals surface area (Å²) in [6.07, 6.45) is 14.6. The summed E-state index contributed by atoms with van der Waals surface area (Å²) in [5.41, 5.74) is 17.6. The van der Waals surface area contributed by atoms with Crippen molar-refractivity contribution in [1.82, 2.24) is 0 Å². The third-order valence-corrected chi connectivity index (χ3v) is 21.9. The molecule has 16 heteroatoms. The quantitative estimate of drug-likeness (QED) is 0.0297. The number of anilines is 2. The predicted molar refractivity (Wildman–Crippen MR) is 317 cm³/mol. The van der Waals surface area contributed by atoms with Gasteiger partial charge < -0.3 is 30.4 Å². The van der Waals surface area contributed by atoms with Gasteiger partial charge in [-0.1, -0.05) is 65.5 Å². The fourth-order valence-electron chi connectivity index (χ4n) is 12.1. The van der Waals surface area contributed by atoms with Crippen LogP contribution in [-0.2, 0) is 51.0 Å². The monoisotopic (exact) mass is 1610 g/mol. The molecule has 0 radical (unpaired) electrons. The van der Waals surface area contributed by atoms with Gasteiger partial charge in [0.1, 0.15) is 19.3 Å². The van der Waals surface area contributed by atoms with Gasteiger partial charge >= 0.3 is 23.9 Å². The fraction of sp³-hybridized carbons (Fsp3) is 0.615. The highest BCUT2D eigenvalue weighted by Gasteiger charge is 2.59. The van der Waals surface area contributed by atoms with Crippen molar-refractivity contribution < 1.29 is 38.1 Å². The average Bonchev–Trinajstić information content (AvgIpc) is 3.65. The van der Waals surface area contributed by atoms with E-state index in [1.165, 1.54) is 50.5 Å². The number of benzene rings is 2. The van der Waals surface area contributed by atoms with Gasteiger partial charge in [-0.15, -0.1) is 0 Å². The lowest BCUT2D eigenvalue weighted by Gasteiger charge is -2.58. The first-order valence-corrected chi connectivity index (χ1v) is 30.4. The Balaban J connectivity index is 1.03. The summed E-state index contributed by atoms with van der Waals surface area (Å²) in [7, 11) is 0. The van der Waals surface area contributed by atoms with E-state index in [1.807, 2.05) is 12.1 Å². The highest BCUT2D eigenvalue weighted by molar-refractivity contribution is 14.1. The minimum atomic E-state index is -1.17. The van der Waals surface area contributed by atoms with Crippen LogP contribution < -0.4 is 11.5 Å². The van der Waals surface area contributed by atoms with E-state index >= 15 is 0 Å². The third kappa shape index (κ3) is 13.8. The summed E-state index contributed by atoms with van der Waals surface area (Å²) in [5, 5.41) is 0. The van der Waals surface area contributed by atoms with Crippen LogP contribution in [0.4, 0.5) is 11.4 Å². The van der Waals surface area contributed by atoms with E-state index in [4.69, 9.17) is 30.4 Å². The Bertz CT molecular complexity index is 2250. The summed E-state index contributed by atoms with van der Waals surface area (Å²) < 4.78 is 28.1. The molecule has 0 aliphatic heterocycles. The van der Waals surface area contributed by atoms with Gasteiger partial charge in [0.05, 0.1) is 11.4 Å². The molecular formula is C52H64I6N2O8. The SMILES string of the molecule is CC(C)CCC[C@@H](C)[C@H]1CCC2C3CC=C4C[C@@H](OC(=O)C#CC(=O)OC(COC(=O)CCc5c(I)cc(I)c(N)c5I)COC(=O)CCc5c(I)cc(I)c(N)c5I)CC[C@]4(C)C3CC[C@@]21C. The molecular weight excluding hydrogens is 1540 g/mol. The standard InChI is InChI=1S/C52H64I6N2O8/c1-28(2)7-6-8-29(3)36-13-14-37-33-10-9-30-23-31(19-21-51(30,4)38(33)20-22-52(36,37)5)67-45(63)17-18-46(64)68-32(26-65-43(61)15-11-34-39(53)24-41(55)49(59)47(34)57)27-66-44(62)16-12-35-40(54)25-42(56)50(60)48(35)58/h9,24-25,28-29,31-33,36-38H,6-8,10-16,19-23,26-27,59-60H2,1-5H3/t29-,31+,33?,36-,37?,38?,51+,52-/m1/s1. The van der Waals surface area contributed by atoms with Crippen molar-refractivity contribution in [1.29, 1.82) is 0 Å². The van der Waals surface area contributed by atoms with Crippen molar-refractivity contribution >= 4 is 171 Å². The maximum absolute atomic E-state index is 13.1. The molecule has 4 N–H and O–H groups in total. The maximum Gasteiger partial charge on any atom is 0.385 e. The van der Waals surface area contributed by atoms with Crippen molar-refractivity contribution in [2.45, 2.75) is 143 Å². The summed E-state index contributed by atoms with van der Waals surface area (Å²) in [6.45, 7) is 11.5. The van der Waals surface area contributed by atoms with Crippen LogP contribution in [0, 0.1) is 79.6 Å². The van der Waals surface area contributed by atoms with Gasteiger partial charge in [0, 0.05) is 52.5 Å². The number of esters is 4. The van der Waals surface area contributed by atoms with E-state index in [-0.39, 0.29) is 37.6 Å². The number of halogens is 6. The molecule has 0 heterocycles. The van der Waals surface area contributed by atoms with Gasteiger partial charge in [-0.05, 0) is 263 Å². The number of fused-ring (bicyclic) bond motifs is 5. The fourth-order valence-corrected chi connectivity index (χ4v) is 19.9. The molecule has 0 amide bonds. The zero-order valence-electron chi connectivity index (χ0n) is 39.6. The minimum absolute atomic E-state index is 0.0471. The number of hydrogen-bond donors (Lipinski definition) is 2. The number of nitrogen functional groups attached to an aromatic ring is 2. The highest BCUT2D eigenvalue weighted by atomic mass is 127. The van der Waals surface area contributed by atoms with Gasteiger partial charge in [0.25, 0.3) is 0 Å². The summed E-state index contributed by atoms with van der Waals surface area (Å²) in [5.74, 6) is 6.18. The van der Waals surface area contributed by atoms with Crippen LogP contribution in [-0.4, -0.2) is 49.3 Å². The normalized spacial score (nSPS) is 25.5. The number of allylic oxidation sites excluding steroid dienone is 1. The topological polar surface area (TPSA) is 157 Å². The van der Waals surface area contributed by atoms with E-state index < -0.39 is 30.0 Å². The van der Waals surface area contributed by atoms with E-state index in [0.29, 0.717) is 47.9 Å². The Morgan fingerprint density at radius 3 is 1.88 bits per heavy atom. The molecule has 3 unspecified atom stereocenters. The third-order valence-electron chi connectivity index (χ3n) is 15.7.